The van der Waals surface area contributed by atoms with Gasteiger partial charge < -0.3 is 15.7 Å². The number of aliphatic hydroxyl groups excluding tert-OH is 1. The monoisotopic (exact) mass is 332 g/mol. The molecule has 2 aromatic rings. The lowest BCUT2D eigenvalue weighted by Crippen LogP contribution is -2.27. The predicted octanol–water partition coefficient (Wildman–Crippen LogP) is 3.54. The zero-order valence-corrected chi connectivity index (χ0v) is 14.0. The Hall–Kier alpha value is -2.04. The quantitative estimate of drug-likeness (QED) is 0.758. The van der Waals surface area contributed by atoms with Crippen LogP contribution in [0.5, 0.6) is 0 Å². The fourth-order valence-electron chi connectivity index (χ4n) is 2.40. The minimum absolute atomic E-state index is 0.0585. The summed E-state index contributed by atoms with van der Waals surface area (Å²) < 4.78 is 0. The molecule has 0 aliphatic rings. The highest BCUT2D eigenvalue weighted by molar-refractivity contribution is 6.30. The van der Waals surface area contributed by atoms with E-state index in [0.29, 0.717) is 10.6 Å². The maximum Gasteiger partial charge on any atom is 0.251 e. The molecule has 0 bridgehead atoms. The Balaban J connectivity index is 2.18. The molecular weight excluding hydrogens is 312 g/mol. The van der Waals surface area contributed by atoms with Crippen molar-refractivity contribution >= 4 is 23.2 Å². The molecule has 4 nitrogen and oxygen atoms in total. The molecule has 0 saturated carbocycles. The van der Waals surface area contributed by atoms with Crippen LogP contribution >= 0.6 is 11.6 Å². The lowest BCUT2D eigenvalue weighted by molar-refractivity contribution is 0.0944. The number of anilines is 1. The third kappa shape index (κ3) is 4.47. The second-order valence-corrected chi connectivity index (χ2v) is 5.82. The molecule has 0 aliphatic carbocycles. The first kappa shape index (κ1) is 17.3. The topological polar surface area (TPSA) is 61.4 Å². The second kappa shape index (κ2) is 7.99. The van der Waals surface area contributed by atoms with Gasteiger partial charge in [0.2, 0.25) is 0 Å². The predicted molar refractivity (Wildman–Crippen MR) is 94.1 cm³/mol. The van der Waals surface area contributed by atoms with Gasteiger partial charge in [-0.25, -0.2) is 0 Å². The molecule has 0 radical (unpaired) electrons. The highest BCUT2D eigenvalue weighted by Crippen LogP contribution is 2.25. The van der Waals surface area contributed by atoms with E-state index in [0.717, 1.165) is 16.8 Å². The number of amides is 1. The molecular formula is C18H21ClN2O2. The van der Waals surface area contributed by atoms with Gasteiger partial charge in [-0.1, -0.05) is 29.8 Å². The summed E-state index contributed by atoms with van der Waals surface area (Å²) in [6.45, 7) is 4.12. The van der Waals surface area contributed by atoms with Crippen LogP contribution in [0.2, 0.25) is 5.02 Å². The molecule has 1 atom stereocenters. The van der Waals surface area contributed by atoms with Crippen molar-refractivity contribution in [2.45, 2.75) is 19.9 Å². The van der Waals surface area contributed by atoms with Gasteiger partial charge in [-0.05, 0) is 49.2 Å². The van der Waals surface area contributed by atoms with E-state index in [4.69, 9.17) is 16.7 Å². The molecule has 0 saturated heterocycles. The van der Waals surface area contributed by atoms with E-state index in [9.17, 15) is 4.79 Å². The van der Waals surface area contributed by atoms with Crippen molar-refractivity contribution in [2.75, 3.05) is 18.5 Å². The van der Waals surface area contributed by atoms with Gasteiger partial charge in [0.05, 0.1) is 6.61 Å². The van der Waals surface area contributed by atoms with E-state index in [1.54, 1.807) is 6.07 Å². The van der Waals surface area contributed by atoms with E-state index in [1.807, 2.05) is 50.2 Å². The molecule has 0 aromatic heterocycles. The summed E-state index contributed by atoms with van der Waals surface area (Å²) in [6.07, 6.45) is 0. The van der Waals surface area contributed by atoms with Crippen molar-refractivity contribution in [3.63, 3.8) is 0 Å². The Bertz CT molecular complexity index is 688. The normalized spacial score (nSPS) is 11.8. The van der Waals surface area contributed by atoms with Crippen LogP contribution in [0.4, 0.5) is 5.69 Å². The fourth-order valence-corrected chi connectivity index (χ4v) is 2.59. The van der Waals surface area contributed by atoms with Crippen LogP contribution in [0.3, 0.4) is 0 Å². The first-order valence-corrected chi connectivity index (χ1v) is 7.91. The number of carbonyl (C=O) groups excluding carboxylic acids is 1. The zero-order valence-electron chi connectivity index (χ0n) is 13.3. The zero-order chi connectivity index (χ0) is 16.8. The first-order chi connectivity index (χ1) is 11.0. The highest BCUT2D eigenvalue weighted by Gasteiger charge is 2.13. The largest absolute Gasteiger partial charge is 0.395 e. The summed E-state index contributed by atoms with van der Waals surface area (Å²) in [5.41, 5.74) is 3.44. The molecule has 3 N–H and O–H groups in total. The average Bonchev–Trinajstić information content (AvgIpc) is 2.54. The molecule has 122 valence electrons. The van der Waals surface area contributed by atoms with Crippen molar-refractivity contribution in [1.29, 1.82) is 0 Å². The molecule has 2 rings (SSSR count). The van der Waals surface area contributed by atoms with Crippen molar-refractivity contribution < 1.29 is 9.90 Å². The lowest BCUT2D eigenvalue weighted by atomic mass is 10.0. The van der Waals surface area contributed by atoms with Crippen LogP contribution in [0.1, 0.15) is 34.5 Å². The minimum atomic E-state index is -0.185. The van der Waals surface area contributed by atoms with Crippen molar-refractivity contribution in [2.24, 2.45) is 0 Å². The first-order valence-electron chi connectivity index (χ1n) is 7.53. The van der Waals surface area contributed by atoms with E-state index in [-0.39, 0.29) is 25.1 Å². The summed E-state index contributed by atoms with van der Waals surface area (Å²) in [4.78, 5) is 12.1. The number of carbonyl (C=O) groups is 1. The molecule has 1 unspecified atom stereocenters. The molecule has 0 spiro atoms. The summed E-state index contributed by atoms with van der Waals surface area (Å²) >= 11 is 6.04. The Morgan fingerprint density at radius 3 is 2.70 bits per heavy atom. The van der Waals surface area contributed by atoms with E-state index < -0.39 is 0 Å². The maximum absolute atomic E-state index is 12.1. The molecule has 0 heterocycles. The Morgan fingerprint density at radius 2 is 2.00 bits per heavy atom. The second-order valence-electron chi connectivity index (χ2n) is 5.38. The summed E-state index contributed by atoms with van der Waals surface area (Å²) in [7, 11) is 0. The summed E-state index contributed by atoms with van der Waals surface area (Å²) in [5.74, 6) is -0.185. The van der Waals surface area contributed by atoms with Gasteiger partial charge in [0.25, 0.3) is 5.91 Å². The fraction of sp³-hybridized carbons (Fsp3) is 0.278. The van der Waals surface area contributed by atoms with Crippen molar-refractivity contribution in [1.82, 2.24) is 5.32 Å². The number of hydrogen-bond donors (Lipinski definition) is 3. The van der Waals surface area contributed by atoms with Crippen molar-refractivity contribution in [3.8, 4) is 0 Å². The number of hydrogen-bond acceptors (Lipinski definition) is 3. The van der Waals surface area contributed by atoms with Crippen LogP contribution in [-0.4, -0.2) is 24.2 Å². The Morgan fingerprint density at radius 1 is 1.26 bits per heavy atom. The molecule has 23 heavy (non-hydrogen) atoms. The number of benzene rings is 2. The molecule has 0 fully saturated rings. The van der Waals surface area contributed by atoms with E-state index in [1.165, 1.54) is 0 Å². The van der Waals surface area contributed by atoms with E-state index >= 15 is 0 Å². The summed E-state index contributed by atoms with van der Waals surface area (Å²) in [5, 5.41) is 15.6. The van der Waals surface area contributed by atoms with Crippen LogP contribution in [-0.2, 0) is 0 Å². The lowest BCUT2D eigenvalue weighted by Gasteiger charge is -2.19. The maximum atomic E-state index is 12.1. The van der Waals surface area contributed by atoms with Gasteiger partial charge in [0.15, 0.2) is 0 Å². The van der Waals surface area contributed by atoms with Crippen LogP contribution < -0.4 is 10.6 Å². The number of rotatable bonds is 6. The number of halogens is 1. The average molecular weight is 333 g/mol. The van der Waals surface area contributed by atoms with Crippen LogP contribution in [0.25, 0.3) is 0 Å². The highest BCUT2D eigenvalue weighted by atomic mass is 35.5. The number of aliphatic hydroxyl groups is 1. The molecule has 1 amide bonds. The third-order valence-corrected chi connectivity index (χ3v) is 3.93. The molecule has 2 aromatic carbocycles. The Kier molecular flexibility index (Phi) is 6.02. The van der Waals surface area contributed by atoms with Gasteiger partial charge in [-0.3, -0.25) is 4.79 Å². The summed E-state index contributed by atoms with van der Waals surface area (Å²) in [6, 6.07) is 13.3. The minimum Gasteiger partial charge on any atom is -0.395 e. The standard InChI is InChI=1S/C18H21ClN2O2/c1-12-16(18(23)20-9-10-22)7-4-8-17(12)21-13(2)14-5-3-6-15(19)11-14/h3-8,11,13,21-22H,9-10H2,1-2H3,(H,20,23). The smallest absolute Gasteiger partial charge is 0.251 e. The third-order valence-electron chi connectivity index (χ3n) is 3.70. The van der Waals surface area contributed by atoms with Gasteiger partial charge in [-0.2, -0.15) is 0 Å². The van der Waals surface area contributed by atoms with Crippen LogP contribution in [0, 0.1) is 6.92 Å². The molecule has 0 aliphatic heterocycles. The number of nitrogens with one attached hydrogen (secondary N) is 2. The molecule has 5 heteroatoms. The van der Waals surface area contributed by atoms with Gasteiger partial charge >= 0.3 is 0 Å². The van der Waals surface area contributed by atoms with Crippen LogP contribution in [0.15, 0.2) is 42.5 Å². The SMILES string of the molecule is Cc1c(NC(C)c2cccc(Cl)c2)cccc1C(=O)NCCO. The van der Waals surface area contributed by atoms with Gasteiger partial charge in [-0.15, -0.1) is 0 Å². The van der Waals surface area contributed by atoms with Crippen molar-refractivity contribution in [3.05, 3.63) is 64.2 Å². The van der Waals surface area contributed by atoms with E-state index in [2.05, 4.69) is 10.6 Å². The Labute approximate surface area is 141 Å². The van der Waals surface area contributed by atoms with Gasteiger partial charge in [0.1, 0.15) is 0 Å². The van der Waals surface area contributed by atoms with Gasteiger partial charge in [0, 0.05) is 28.9 Å².